The molecule has 0 aliphatic heterocycles. The zero-order valence-electron chi connectivity index (χ0n) is 12.9. The Hall–Kier alpha value is -1.12. The minimum absolute atomic E-state index is 0. The third kappa shape index (κ3) is 4.44. The maximum absolute atomic E-state index is 12.2. The summed E-state index contributed by atoms with van der Waals surface area (Å²) in [6, 6.07) is 9.87. The number of hydrogen-bond acceptors (Lipinski definition) is 4. The Morgan fingerprint density at radius 3 is 2.32 bits per heavy atom. The van der Waals surface area contributed by atoms with Crippen LogP contribution in [0, 0.1) is 17.0 Å². The van der Waals surface area contributed by atoms with E-state index in [-0.39, 0.29) is 46.6 Å². The molecule has 0 fully saturated rings. The van der Waals surface area contributed by atoms with Gasteiger partial charge in [0.2, 0.25) is 0 Å². The van der Waals surface area contributed by atoms with Crippen molar-refractivity contribution in [2.24, 2.45) is 0 Å². The van der Waals surface area contributed by atoms with E-state index in [1.54, 1.807) is 12.1 Å². The number of nitro benzene ring substituents is 1. The fourth-order valence-electron chi connectivity index (χ4n) is 1.66. The molecule has 22 heavy (non-hydrogen) atoms. The number of aryl methyl sites for hydroxylation is 1. The Labute approximate surface area is 156 Å². The smallest absolute Gasteiger partial charge is 1.00 e. The van der Waals surface area contributed by atoms with Gasteiger partial charge in [0, 0.05) is 11.1 Å². The second-order valence-corrected chi connectivity index (χ2v) is 6.46. The van der Waals surface area contributed by atoms with Gasteiger partial charge in [0.1, 0.15) is 5.69 Å². The molecule has 0 spiro atoms. The summed E-state index contributed by atoms with van der Waals surface area (Å²) in [6.07, 6.45) is 0. The third-order valence-corrected chi connectivity index (χ3v) is 4.35. The van der Waals surface area contributed by atoms with Crippen LogP contribution in [0.1, 0.15) is 6.99 Å². The fourth-order valence-corrected chi connectivity index (χ4v) is 2.90. The van der Waals surface area contributed by atoms with Gasteiger partial charge >= 0.3 is 29.6 Å². The van der Waals surface area contributed by atoms with Crippen molar-refractivity contribution in [1.29, 1.82) is 0 Å². The van der Waals surface area contributed by atoms with E-state index >= 15 is 0 Å². The molecule has 1 N–H and O–H groups in total. The van der Waals surface area contributed by atoms with Crippen LogP contribution in [0.5, 0.6) is 0 Å². The average molecular weight is 351 g/mol. The van der Waals surface area contributed by atoms with E-state index in [0.717, 1.165) is 11.6 Å². The summed E-state index contributed by atoms with van der Waals surface area (Å²) >= 11 is 5.68. The zero-order chi connectivity index (χ0) is 15.6. The summed E-state index contributed by atoms with van der Waals surface area (Å²) in [5.74, 6) is 0. The average Bonchev–Trinajstić information content (AvgIpc) is 2.41. The van der Waals surface area contributed by atoms with Crippen molar-refractivity contribution in [3.8, 4) is 0 Å². The van der Waals surface area contributed by atoms with Gasteiger partial charge in [-0.1, -0.05) is 29.3 Å². The molecule has 112 valence electrons. The van der Waals surface area contributed by atoms with Crippen LogP contribution in [-0.2, 0) is 10.0 Å². The van der Waals surface area contributed by atoms with Gasteiger partial charge in [-0.3, -0.25) is 14.8 Å². The molecule has 6 nitrogen and oxygen atoms in total. The minimum atomic E-state index is -3.90. The van der Waals surface area contributed by atoms with E-state index in [9.17, 15) is 18.5 Å². The van der Waals surface area contributed by atoms with E-state index in [1.165, 1.54) is 24.3 Å². The summed E-state index contributed by atoms with van der Waals surface area (Å²) in [7, 11) is -3.90. The minimum Gasteiger partial charge on any atom is -1.00 e. The molecule has 0 saturated heterocycles. The first-order chi connectivity index (χ1) is 9.79. The number of halogens is 1. The molecule has 0 aliphatic rings. The van der Waals surface area contributed by atoms with Gasteiger partial charge in [0.25, 0.3) is 15.7 Å². The molecule has 0 heterocycles. The summed E-state index contributed by atoms with van der Waals surface area (Å²) in [5, 5.41) is 11.1. The SMILES string of the molecule is Cc1ccc(S(=O)(=O)Nc2ccc(Cl)cc2[N+](=O)[O-])cc1.[H-].[Na+]. The molecule has 0 aromatic heterocycles. The van der Waals surface area contributed by atoms with Crippen LogP contribution in [0.15, 0.2) is 47.4 Å². The Balaban J connectivity index is 0.00000242. The van der Waals surface area contributed by atoms with Crippen LogP contribution >= 0.6 is 11.6 Å². The molecule has 0 bridgehead atoms. The predicted octanol–water partition coefficient (Wildman–Crippen LogP) is 0.474. The largest absolute Gasteiger partial charge is 1.00 e. The van der Waals surface area contributed by atoms with Crippen LogP contribution in [0.25, 0.3) is 0 Å². The monoisotopic (exact) mass is 350 g/mol. The van der Waals surface area contributed by atoms with Crippen molar-refractivity contribution >= 4 is 33.0 Å². The number of sulfonamides is 1. The van der Waals surface area contributed by atoms with Gasteiger partial charge in [0.05, 0.1) is 9.82 Å². The van der Waals surface area contributed by atoms with Crippen molar-refractivity contribution in [1.82, 2.24) is 0 Å². The van der Waals surface area contributed by atoms with E-state index in [0.29, 0.717) is 0 Å². The summed E-state index contributed by atoms with van der Waals surface area (Å²) in [5.41, 5.74) is 0.370. The van der Waals surface area contributed by atoms with Crippen molar-refractivity contribution in [2.75, 3.05) is 4.72 Å². The van der Waals surface area contributed by atoms with Gasteiger partial charge in [-0.2, -0.15) is 0 Å². The maximum atomic E-state index is 12.2. The molecule has 0 amide bonds. The molecule has 0 radical (unpaired) electrons. The number of anilines is 1. The number of nitrogens with one attached hydrogen (secondary N) is 1. The predicted molar refractivity (Wildman–Crippen MR) is 81.2 cm³/mol. The Morgan fingerprint density at radius 1 is 1.18 bits per heavy atom. The number of rotatable bonds is 4. The topological polar surface area (TPSA) is 89.3 Å². The third-order valence-electron chi connectivity index (χ3n) is 2.73. The zero-order valence-corrected chi connectivity index (χ0v) is 15.5. The first kappa shape index (κ1) is 18.9. The van der Waals surface area contributed by atoms with Crippen molar-refractivity contribution in [2.45, 2.75) is 11.8 Å². The standard InChI is InChI=1S/C13H11ClN2O4S.Na.H/c1-9-2-5-11(6-3-9)21(19,20)15-12-7-4-10(14)8-13(12)16(17)18;;/h2-8,15H,1H3;;/q;+1;-1. The molecule has 0 aliphatic carbocycles. The van der Waals surface area contributed by atoms with E-state index < -0.39 is 20.6 Å². The molecule has 2 aromatic rings. The van der Waals surface area contributed by atoms with Crippen LogP contribution in [-0.4, -0.2) is 13.3 Å². The first-order valence-corrected chi connectivity index (χ1v) is 7.69. The second-order valence-electron chi connectivity index (χ2n) is 4.34. The van der Waals surface area contributed by atoms with Crippen LogP contribution < -0.4 is 34.3 Å². The molecule has 0 atom stereocenters. The van der Waals surface area contributed by atoms with Crippen molar-refractivity contribution < 1.29 is 44.3 Å². The van der Waals surface area contributed by atoms with Gasteiger partial charge in [-0.05, 0) is 31.2 Å². The first-order valence-electron chi connectivity index (χ1n) is 5.83. The Kier molecular flexibility index (Phi) is 6.39. The maximum Gasteiger partial charge on any atom is 1.00 e. The Bertz CT molecular complexity index is 800. The van der Waals surface area contributed by atoms with Gasteiger partial charge in [-0.15, -0.1) is 0 Å². The number of nitrogens with zero attached hydrogens (tertiary/aromatic N) is 1. The summed E-state index contributed by atoms with van der Waals surface area (Å²) in [6.45, 7) is 1.83. The molecule has 0 unspecified atom stereocenters. The number of nitro groups is 1. The van der Waals surface area contributed by atoms with Crippen LogP contribution in [0.3, 0.4) is 0 Å². The summed E-state index contributed by atoms with van der Waals surface area (Å²) in [4.78, 5) is 10.3. The van der Waals surface area contributed by atoms with Crippen LogP contribution in [0.4, 0.5) is 11.4 Å². The van der Waals surface area contributed by atoms with Crippen molar-refractivity contribution in [3.63, 3.8) is 0 Å². The fraction of sp³-hybridized carbons (Fsp3) is 0.0769. The van der Waals surface area contributed by atoms with Gasteiger partial charge in [0.15, 0.2) is 0 Å². The van der Waals surface area contributed by atoms with E-state index in [2.05, 4.69) is 4.72 Å². The normalized spacial score (nSPS) is 10.6. The summed E-state index contributed by atoms with van der Waals surface area (Å²) < 4.78 is 26.6. The molecule has 2 rings (SSSR count). The molecule has 9 heteroatoms. The molecule has 0 saturated carbocycles. The van der Waals surface area contributed by atoms with E-state index in [1.807, 2.05) is 6.92 Å². The quantitative estimate of drug-likeness (QED) is 0.493. The molecule has 2 aromatic carbocycles. The van der Waals surface area contributed by atoms with Crippen LogP contribution in [0.2, 0.25) is 5.02 Å². The van der Waals surface area contributed by atoms with E-state index in [4.69, 9.17) is 11.6 Å². The molecular formula is C13H12ClN2NaO4S. The van der Waals surface area contributed by atoms with Gasteiger partial charge < -0.3 is 1.43 Å². The molecular weight excluding hydrogens is 339 g/mol. The Morgan fingerprint density at radius 2 is 1.77 bits per heavy atom. The number of hydrogen-bond donors (Lipinski definition) is 1. The number of benzene rings is 2. The van der Waals surface area contributed by atoms with Crippen molar-refractivity contribution in [3.05, 3.63) is 63.2 Å². The van der Waals surface area contributed by atoms with Gasteiger partial charge in [-0.25, -0.2) is 8.42 Å². The second kappa shape index (κ2) is 7.43.